The van der Waals surface area contributed by atoms with Gasteiger partial charge in [-0.05, 0) is 58.6 Å². The molecular formula is C17H19BrN2. The summed E-state index contributed by atoms with van der Waals surface area (Å²) in [5, 5.41) is 7.19. The highest BCUT2D eigenvalue weighted by Crippen LogP contribution is 2.32. The van der Waals surface area contributed by atoms with Crippen LogP contribution in [0.4, 0.5) is 5.69 Å². The lowest BCUT2D eigenvalue weighted by Gasteiger charge is -2.21. The maximum absolute atomic E-state index is 3.70. The molecule has 104 valence electrons. The fraction of sp³-hybridized carbons (Fsp3) is 0.294. The van der Waals surface area contributed by atoms with E-state index >= 15 is 0 Å². The number of benzene rings is 2. The molecule has 0 aliphatic carbocycles. The van der Waals surface area contributed by atoms with Gasteiger partial charge in [0.1, 0.15) is 0 Å². The van der Waals surface area contributed by atoms with Gasteiger partial charge in [-0.15, -0.1) is 0 Å². The van der Waals surface area contributed by atoms with Gasteiger partial charge in [0.25, 0.3) is 0 Å². The van der Waals surface area contributed by atoms with Crippen molar-refractivity contribution in [2.45, 2.75) is 25.9 Å². The molecule has 1 aliphatic rings. The van der Waals surface area contributed by atoms with Gasteiger partial charge in [-0.2, -0.15) is 0 Å². The van der Waals surface area contributed by atoms with Crippen LogP contribution in [0, 0.1) is 6.92 Å². The molecule has 0 saturated carbocycles. The Bertz CT molecular complexity index is 610. The average Bonchev–Trinajstić information content (AvgIpc) is 2.67. The summed E-state index contributed by atoms with van der Waals surface area (Å²) in [6, 6.07) is 15.4. The van der Waals surface area contributed by atoms with Crippen LogP contribution < -0.4 is 10.6 Å². The van der Waals surface area contributed by atoms with E-state index in [0.717, 1.165) is 24.0 Å². The fourth-order valence-corrected chi connectivity index (χ4v) is 3.14. The number of nitrogens with one attached hydrogen (secondary N) is 2. The van der Waals surface area contributed by atoms with Crippen LogP contribution in [-0.2, 0) is 6.54 Å². The van der Waals surface area contributed by atoms with Crippen molar-refractivity contribution < 1.29 is 0 Å². The number of fused-ring (bicyclic) bond motifs is 1. The van der Waals surface area contributed by atoms with Crippen LogP contribution in [0.3, 0.4) is 0 Å². The number of aryl methyl sites for hydroxylation is 1. The van der Waals surface area contributed by atoms with E-state index in [0.29, 0.717) is 6.04 Å². The maximum atomic E-state index is 3.70. The molecular weight excluding hydrogens is 312 g/mol. The number of hydrogen-bond acceptors (Lipinski definition) is 2. The van der Waals surface area contributed by atoms with Crippen molar-refractivity contribution in [3.8, 4) is 0 Å². The van der Waals surface area contributed by atoms with E-state index in [2.05, 4.69) is 76.0 Å². The molecule has 0 spiro atoms. The molecule has 2 aromatic rings. The van der Waals surface area contributed by atoms with Crippen LogP contribution in [0.25, 0.3) is 0 Å². The van der Waals surface area contributed by atoms with Gasteiger partial charge in [0, 0.05) is 16.7 Å². The van der Waals surface area contributed by atoms with E-state index in [4.69, 9.17) is 0 Å². The Labute approximate surface area is 128 Å². The third-order valence-corrected chi connectivity index (χ3v) is 4.93. The van der Waals surface area contributed by atoms with Crippen LogP contribution in [0.15, 0.2) is 46.9 Å². The minimum absolute atomic E-state index is 0.360. The smallest absolute Gasteiger partial charge is 0.0529 e. The van der Waals surface area contributed by atoms with Crippen molar-refractivity contribution in [2.75, 3.05) is 11.9 Å². The zero-order chi connectivity index (χ0) is 13.9. The number of rotatable bonds is 2. The van der Waals surface area contributed by atoms with Crippen molar-refractivity contribution in [1.29, 1.82) is 0 Å². The molecule has 20 heavy (non-hydrogen) atoms. The Balaban J connectivity index is 1.92. The Hall–Kier alpha value is -1.32. The Morgan fingerprint density at radius 1 is 1.15 bits per heavy atom. The molecule has 3 rings (SSSR count). The normalized spacial score (nSPS) is 18.2. The topological polar surface area (TPSA) is 24.1 Å². The Kier molecular flexibility index (Phi) is 4.08. The summed E-state index contributed by atoms with van der Waals surface area (Å²) in [7, 11) is 0. The first-order chi connectivity index (χ1) is 9.75. The summed E-state index contributed by atoms with van der Waals surface area (Å²) in [5.74, 6) is 0. The summed E-state index contributed by atoms with van der Waals surface area (Å²) in [5.41, 5.74) is 5.24. The van der Waals surface area contributed by atoms with Crippen LogP contribution in [-0.4, -0.2) is 6.54 Å². The van der Waals surface area contributed by atoms with Crippen molar-refractivity contribution in [3.63, 3.8) is 0 Å². The monoisotopic (exact) mass is 330 g/mol. The largest absolute Gasteiger partial charge is 0.377 e. The molecule has 0 aromatic heterocycles. The molecule has 0 amide bonds. The molecule has 2 aromatic carbocycles. The molecule has 1 aliphatic heterocycles. The summed E-state index contributed by atoms with van der Waals surface area (Å²) < 4.78 is 1.16. The lowest BCUT2D eigenvalue weighted by molar-refractivity contribution is 0.637. The van der Waals surface area contributed by atoms with Crippen LogP contribution in [0.1, 0.15) is 29.2 Å². The second-order valence-electron chi connectivity index (χ2n) is 5.30. The van der Waals surface area contributed by atoms with E-state index in [1.165, 1.54) is 22.4 Å². The fourth-order valence-electron chi connectivity index (χ4n) is 2.76. The van der Waals surface area contributed by atoms with Crippen molar-refractivity contribution in [3.05, 3.63) is 63.6 Å². The van der Waals surface area contributed by atoms with Crippen LogP contribution in [0.2, 0.25) is 0 Å². The van der Waals surface area contributed by atoms with E-state index in [9.17, 15) is 0 Å². The first-order valence-electron chi connectivity index (χ1n) is 7.06. The minimum atomic E-state index is 0.360. The summed E-state index contributed by atoms with van der Waals surface area (Å²) >= 11 is 3.69. The lowest BCUT2D eigenvalue weighted by Crippen LogP contribution is -2.15. The predicted octanol–water partition coefficient (Wildman–Crippen LogP) is 4.40. The quantitative estimate of drug-likeness (QED) is 0.852. The third kappa shape index (κ3) is 2.74. The van der Waals surface area contributed by atoms with Crippen LogP contribution in [0.5, 0.6) is 0 Å². The molecule has 0 bridgehead atoms. The van der Waals surface area contributed by atoms with Crippen molar-refractivity contribution in [1.82, 2.24) is 5.32 Å². The molecule has 2 N–H and O–H groups in total. The predicted molar refractivity (Wildman–Crippen MR) is 88.0 cm³/mol. The average molecular weight is 331 g/mol. The molecule has 0 saturated heterocycles. The lowest BCUT2D eigenvalue weighted by atomic mass is 9.99. The molecule has 0 fully saturated rings. The van der Waals surface area contributed by atoms with E-state index in [1.807, 2.05) is 0 Å². The van der Waals surface area contributed by atoms with Gasteiger partial charge in [0.05, 0.1) is 6.04 Å². The minimum Gasteiger partial charge on any atom is -0.377 e. The highest BCUT2D eigenvalue weighted by atomic mass is 79.9. The van der Waals surface area contributed by atoms with Gasteiger partial charge >= 0.3 is 0 Å². The Morgan fingerprint density at radius 3 is 2.90 bits per heavy atom. The number of hydrogen-bond donors (Lipinski definition) is 2. The summed E-state index contributed by atoms with van der Waals surface area (Å²) in [6.45, 7) is 4.12. The van der Waals surface area contributed by atoms with Gasteiger partial charge in [0.2, 0.25) is 0 Å². The molecule has 1 atom stereocenters. The molecule has 2 nitrogen and oxygen atoms in total. The van der Waals surface area contributed by atoms with E-state index in [1.54, 1.807) is 0 Å². The van der Waals surface area contributed by atoms with E-state index in [-0.39, 0.29) is 0 Å². The molecule has 0 radical (unpaired) electrons. The molecule has 3 heteroatoms. The van der Waals surface area contributed by atoms with Crippen LogP contribution >= 0.6 is 15.9 Å². The summed E-state index contributed by atoms with van der Waals surface area (Å²) in [6.07, 6.45) is 1.09. The SMILES string of the molecule is Cc1cccc(NC2CCNCc3ccccc32)c1Br. The molecule has 1 heterocycles. The van der Waals surface area contributed by atoms with Gasteiger partial charge in [0.15, 0.2) is 0 Å². The highest BCUT2D eigenvalue weighted by Gasteiger charge is 2.18. The van der Waals surface area contributed by atoms with Gasteiger partial charge in [-0.1, -0.05) is 36.4 Å². The van der Waals surface area contributed by atoms with Gasteiger partial charge < -0.3 is 10.6 Å². The number of halogens is 1. The standard InChI is InChI=1S/C17H19BrN2/c1-12-5-4-8-16(17(12)18)20-15-9-10-19-11-13-6-2-3-7-14(13)15/h2-8,15,19-20H,9-11H2,1H3. The van der Waals surface area contributed by atoms with Gasteiger partial charge in [-0.3, -0.25) is 0 Å². The second kappa shape index (κ2) is 5.98. The highest BCUT2D eigenvalue weighted by molar-refractivity contribution is 9.10. The zero-order valence-corrected chi connectivity index (χ0v) is 13.2. The van der Waals surface area contributed by atoms with Gasteiger partial charge in [-0.25, -0.2) is 0 Å². The van der Waals surface area contributed by atoms with E-state index < -0.39 is 0 Å². The zero-order valence-electron chi connectivity index (χ0n) is 11.6. The van der Waals surface area contributed by atoms with Crippen molar-refractivity contribution >= 4 is 21.6 Å². The molecule has 1 unspecified atom stereocenters. The maximum Gasteiger partial charge on any atom is 0.0529 e. The number of anilines is 1. The Morgan fingerprint density at radius 2 is 2.00 bits per heavy atom. The first-order valence-corrected chi connectivity index (χ1v) is 7.85. The van der Waals surface area contributed by atoms with Crippen molar-refractivity contribution in [2.24, 2.45) is 0 Å². The summed E-state index contributed by atoms with van der Waals surface area (Å²) in [4.78, 5) is 0. The second-order valence-corrected chi connectivity index (χ2v) is 6.09. The first kappa shape index (κ1) is 13.7. The third-order valence-electron chi connectivity index (χ3n) is 3.88.